The summed E-state index contributed by atoms with van der Waals surface area (Å²) >= 11 is 0. The van der Waals surface area contributed by atoms with Gasteiger partial charge in [0, 0.05) is 37.9 Å². The van der Waals surface area contributed by atoms with E-state index in [-0.39, 0.29) is 18.2 Å². The molecule has 1 aromatic rings. The van der Waals surface area contributed by atoms with E-state index in [1.54, 1.807) is 0 Å². The number of fused-ring (bicyclic) bond motifs is 1. The molecule has 2 amide bonds. The number of nitrogens with one attached hydrogen (secondary N) is 2. The number of ether oxygens (including phenoxy) is 1. The first-order valence-corrected chi connectivity index (χ1v) is 9.33. The molecule has 0 radical (unpaired) electrons. The number of hydrogen-bond donors (Lipinski definition) is 2. The second-order valence-electron chi connectivity index (χ2n) is 7.48. The predicted molar refractivity (Wildman–Crippen MR) is 96.7 cm³/mol. The molecule has 0 saturated carbocycles. The second kappa shape index (κ2) is 7.74. The van der Waals surface area contributed by atoms with Crippen LogP contribution in [0.5, 0.6) is 0 Å². The van der Waals surface area contributed by atoms with Crippen LogP contribution in [0.3, 0.4) is 0 Å². The molecule has 3 atom stereocenters. The van der Waals surface area contributed by atoms with Crippen molar-refractivity contribution < 1.29 is 9.53 Å². The Morgan fingerprint density at radius 1 is 1.44 bits per heavy atom. The molecule has 25 heavy (non-hydrogen) atoms. The van der Waals surface area contributed by atoms with Gasteiger partial charge in [0.25, 0.3) is 0 Å². The molecule has 1 aromatic heterocycles. The molecule has 0 aromatic carbocycles. The molecule has 7 heteroatoms. The highest BCUT2D eigenvalue weighted by molar-refractivity contribution is 5.74. The molecular formula is C18H31N5O2. The van der Waals surface area contributed by atoms with Crippen molar-refractivity contribution >= 4 is 6.03 Å². The van der Waals surface area contributed by atoms with E-state index in [9.17, 15) is 4.79 Å². The number of urea groups is 1. The molecule has 0 unspecified atom stereocenters. The summed E-state index contributed by atoms with van der Waals surface area (Å²) in [5.74, 6) is 0. The summed E-state index contributed by atoms with van der Waals surface area (Å²) in [5.41, 5.74) is 3.40. The maximum atomic E-state index is 12.2. The van der Waals surface area contributed by atoms with Gasteiger partial charge in [-0.1, -0.05) is 0 Å². The molecule has 2 fully saturated rings. The number of rotatable bonds is 5. The van der Waals surface area contributed by atoms with Crippen LogP contribution in [-0.4, -0.2) is 65.1 Å². The third kappa shape index (κ3) is 4.33. The normalized spacial score (nSPS) is 24.8. The van der Waals surface area contributed by atoms with E-state index in [2.05, 4.69) is 27.6 Å². The largest absolute Gasteiger partial charge is 0.373 e. The van der Waals surface area contributed by atoms with E-state index in [0.717, 1.165) is 37.5 Å². The van der Waals surface area contributed by atoms with Gasteiger partial charge in [-0.2, -0.15) is 5.10 Å². The highest BCUT2D eigenvalue weighted by Crippen LogP contribution is 2.22. The zero-order valence-electron chi connectivity index (χ0n) is 15.8. The van der Waals surface area contributed by atoms with Gasteiger partial charge < -0.3 is 15.4 Å². The number of nitrogens with zero attached hydrogens (tertiary/aromatic N) is 3. The lowest BCUT2D eigenvalue weighted by Crippen LogP contribution is -2.51. The van der Waals surface area contributed by atoms with Gasteiger partial charge in [-0.15, -0.1) is 0 Å². The van der Waals surface area contributed by atoms with Gasteiger partial charge in [-0.3, -0.25) is 9.58 Å². The second-order valence-corrected chi connectivity index (χ2v) is 7.48. The van der Waals surface area contributed by atoms with Crippen molar-refractivity contribution in [2.45, 2.75) is 58.2 Å². The summed E-state index contributed by atoms with van der Waals surface area (Å²) in [5, 5.41) is 10.4. The standard InChI is InChI=1S/C18H31N5O2/c1-12(8-17-13(2)21-22(4)14(17)3)20-18(24)19-9-16-10-23-7-5-6-15(23)11-25-16/h12,15-16H,5-11H2,1-4H3,(H2,19,20,24)/t12-,15+,16+/m0/s1. The van der Waals surface area contributed by atoms with E-state index in [1.807, 2.05) is 25.6 Å². The monoisotopic (exact) mass is 349 g/mol. The average Bonchev–Trinajstić information content (AvgIpc) is 3.12. The van der Waals surface area contributed by atoms with Crippen molar-refractivity contribution in [3.05, 3.63) is 17.0 Å². The van der Waals surface area contributed by atoms with Crippen LogP contribution in [0, 0.1) is 13.8 Å². The lowest BCUT2D eigenvalue weighted by atomic mass is 10.1. The molecule has 3 rings (SSSR count). The zero-order chi connectivity index (χ0) is 18.0. The van der Waals surface area contributed by atoms with Gasteiger partial charge in [-0.05, 0) is 52.1 Å². The lowest BCUT2D eigenvalue weighted by molar-refractivity contribution is -0.0458. The minimum Gasteiger partial charge on any atom is -0.373 e. The maximum Gasteiger partial charge on any atom is 0.315 e. The smallest absolute Gasteiger partial charge is 0.315 e. The number of hydrogen-bond acceptors (Lipinski definition) is 4. The Morgan fingerprint density at radius 2 is 2.24 bits per heavy atom. The molecule has 0 aliphatic carbocycles. The van der Waals surface area contributed by atoms with Crippen LogP contribution in [0.2, 0.25) is 0 Å². The Morgan fingerprint density at radius 3 is 2.96 bits per heavy atom. The summed E-state index contributed by atoms with van der Waals surface area (Å²) in [4.78, 5) is 14.7. The van der Waals surface area contributed by atoms with E-state index >= 15 is 0 Å². The van der Waals surface area contributed by atoms with Crippen LogP contribution in [-0.2, 0) is 18.2 Å². The van der Waals surface area contributed by atoms with Crippen LogP contribution in [0.25, 0.3) is 0 Å². The van der Waals surface area contributed by atoms with E-state index in [4.69, 9.17) is 4.74 Å². The minimum absolute atomic E-state index is 0.0526. The van der Waals surface area contributed by atoms with Crippen molar-refractivity contribution in [3.63, 3.8) is 0 Å². The van der Waals surface area contributed by atoms with Gasteiger partial charge in [0.1, 0.15) is 0 Å². The molecule has 140 valence electrons. The maximum absolute atomic E-state index is 12.2. The predicted octanol–water partition coefficient (Wildman–Crippen LogP) is 1.13. The molecule has 2 aliphatic rings. The Hall–Kier alpha value is -1.60. The fourth-order valence-electron chi connectivity index (χ4n) is 3.96. The van der Waals surface area contributed by atoms with Crippen LogP contribution >= 0.6 is 0 Å². The summed E-state index contributed by atoms with van der Waals surface area (Å²) in [6.45, 7) is 9.55. The topological polar surface area (TPSA) is 71.4 Å². The van der Waals surface area contributed by atoms with Gasteiger partial charge in [-0.25, -0.2) is 4.79 Å². The van der Waals surface area contributed by atoms with Gasteiger partial charge in [0.05, 0.1) is 18.4 Å². The number of carbonyl (C=O) groups is 1. The highest BCUT2D eigenvalue weighted by Gasteiger charge is 2.32. The fraction of sp³-hybridized carbons (Fsp3) is 0.778. The number of morpholine rings is 1. The molecule has 2 aliphatic heterocycles. The fourth-order valence-corrected chi connectivity index (χ4v) is 3.96. The summed E-state index contributed by atoms with van der Waals surface area (Å²) in [6, 6.07) is 0.520. The molecule has 2 N–H and O–H groups in total. The summed E-state index contributed by atoms with van der Waals surface area (Å²) < 4.78 is 7.77. The van der Waals surface area contributed by atoms with Crippen molar-refractivity contribution in [3.8, 4) is 0 Å². The zero-order valence-corrected chi connectivity index (χ0v) is 15.8. The van der Waals surface area contributed by atoms with Crippen molar-refractivity contribution in [1.29, 1.82) is 0 Å². The van der Waals surface area contributed by atoms with Gasteiger partial charge >= 0.3 is 6.03 Å². The third-order valence-electron chi connectivity index (χ3n) is 5.50. The number of aromatic nitrogens is 2. The van der Waals surface area contributed by atoms with Gasteiger partial charge in [0.15, 0.2) is 0 Å². The molecule has 3 heterocycles. The minimum atomic E-state index is -0.126. The summed E-state index contributed by atoms with van der Waals surface area (Å²) in [7, 11) is 1.95. The first-order valence-electron chi connectivity index (χ1n) is 9.33. The number of amides is 2. The summed E-state index contributed by atoms with van der Waals surface area (Å²) in [6.07, 6.45) is 3.39. The van der Waals surface area contributed by atoms with Gasteiger partial charge in [0.2, 0.25) is 0 Å². The Balaban J connectivity index is 1.41. The highest BCUT2D eigenvalue weighted by atomic mass is 16.5. The van der Waals surface area contributed by atoms with E-state index in [0.29, 0.717) is 12.6 Å². The molecule has 0 bridgehead atoms. The number of carbonyl (C=O) groups excluding carboxylic acids is 1. The van der Waals surface area contributed by atoms with E-state index < -0.39 is 0 Å². The quantitative estimate of drug-likeness (QED) is 0.836. The Bertz CT molecular complexity index is 615. The third-order valence-corrected chi connectivity index (χ3v) is 5.50. The average molecular weight is 349 g/mol. The Labute approximate surface area is 150 Å². The van der Waals surface area contributed by atoms with Crippen LogP contribution in [0.15, 0.2) is 0 Å². The van der Waals surface area contributed by atoms with Crippen LogP contribution in [0.4, 0.5) is 4.79 Å². The lowest BCUT2D eigenvalue weighted by Gasteiger charge is -2.35. The first-order chi connectivity index (χ1) is 11.9. The first kappa shape index (κ1) is 18.2. The van der Waals surface area contributed by atoms with Crippen LogP contribution < -0.4 is 10.6 Å². The molecular weight excluding hydrogens is 318 g/mol. The van der Waals surface area contributed by atoms with E-state index in [1.165, 1.54) is 18.4 Å². The molecule has 2 saturated heterocycles. The molecule has 7 nitrogen and oxygen atoms in total. The van der Waals surface area contributed by atoms with Crippen molar-refractivity contribution in [2.75, 3.05) is 26.2 Å². The van der Waals surface area contributed by atoms with Crippen molar-refractivity contribution in [2.24, 2.45) is 7.05 Å². The van der Waals surface area contributed by atoms with Crippen molar-refractivity contribution in [1.82, 2.24) is 25.3 Å². The SMILES string of the molecule is Cc1nn(C)c(C)c1C[C@H](C)NC(=O)NC[C@@H]1CN2CCC[C@@H]2CO1. The van der Waals surface area contributed by atoms with Crippen LogP contribution in [0.1, 0.15) is 36.7 Å². The Kier molecular flexibility index (Phi) is 5.64. The molecule has 0 spiro atoms. The number of aryl methyl sites for hydroxylation is 2.